The molecule has 1 amide bonds. The minimum Gasteiger partial charge on any atom is -0.480 e. The number of carbonyl (C=O) groups is 2. The molecule has 0 saturated heterocycles. The van der Waals surface area contributed by atoms with Crippen molar-refractivity contribution >= 4 is 23.0 Å². The van der Waals surface area contributed by atoms with Gasteiger partial charge in [0.25, 0.3) is 11.6 Å². The van der Waals surface area contributed by atoms with Gasteiger partial charge in [0.05, 0.1) is 22.3 Å². The first-order chi connectivity index (χ1) is 11.8. The number of amides is 1. The van der Waals surface area contributed by atoms with Gasteiger partial charge in [0.2, 0.25) is 0 Å². The van der Waals surface area contributed by atoms with Crippen LogP contribution in [0.3, 0.4) is 0 Å². The number of hydrogen-bond donors (Lipinski definition) is 2. The number of carbonyl (C=O) groups excluding carboxylic acids is 1. The number of carboxylic acid groups (broad SMARTS) is 1. The van der Waals surface area contributed by atoms with E-state index in [1.54, 1.807) is 19.9 Å². The van der Waals surface area contributed by atoms with E-state index in [9.17, 15) is 9.59 Å². The van der Waals surface area contributed by atoms with Gasteiger partial charge >= 0.3 is 5.97 Å². The summed E-state index contributed by atoms with van der Waals surface area (Å²) in [6.45, 7) is 6.70. The van der Waals surface area contributed by atoms with E-state index in [0.717, 1.165) is 5.56 Å². The summed E-state index contributed by atoms with van der Waals surface area (Å²) in [5, 5.41) is 15.8. The summed E-state index contributed by atoms with van der Waals surface area (Å²) in [4.78, 5) is 28.0. The first kappa shape index (κ1) is 16.7. The number of aryl methyl sites for hydroxylation is 3. The molecule has 0 aliphatic heterocycles. The lowest BCUT2D eigenvalue weighted by Gasteiger charge is -2.10. The number of rotatable bonds is 4. The normalized spacial score (nSPS) is 12.3. The van der Waals surface area contributed by atoms with Crippen molar-refractivity contribution in [1.82, 2.24) is 15.5 Å². The zero-order valence-electron chi connectivity index (χ0n) is 14.2. The van der Waals surface area contributed by atoms with E-state index in [2.05, 4.69) is 15.5 Å². The fourth-order valence-electron chi connectivity index (χ4n) is 2.63. The second kappa shape index (κ2) is 6.04. The van der Waals surface area contributed by atoms with Crippen LogP contribution in [-0.2, 0) is 4.79 Å². The molecule has 0 aromatic carbocycles. The van der Waals surface area contributed by atoms with Crippen LogP contribution in [0.25, 0.3) is 22.4 Å². The number of nitrogens with one attached hydrogen (secondary N) is 1. The third kappa shape index (κ3) is 2.98. The van der Waals surface area contributed by atoms with Crippen molar-refractivity contribution in [1.29, 1.82) is 0 Å². The van der Waals surface area contributed by atoms with Crippen molar-refractivity contribution in [2.24, 2.45) is 0 Å². The van der Waals surface area contributed by atoms with Gasteiger partial charge in [-0.3, -0.25) is 9.59 Å². The monoisotopic (exact) mass is 343 g/mol. The fourth-order valence-corrected chi connectivity index (χ4v) is 2.63. The molecule has 3 aromatic rings. The number of aromatic nitrogens is 2. The van der Waals surface area contributed by atoms with Crippen LogP contribution in [0, 0.1) is 20.8 Å². The molecule has 130 valence electrons. The van der Waals surface area contributed by atoms with E-state index in [1.165, 1.54) is 6.92 Å². The Morgan fingerprint density at radius 3 is 2.56 bits per heavy atom. The van der Waals surface area contributed by atoms with E-state index >= 15 is 0 Å². The van der Waals surface area contributed by atoms with Crippen LogP contribution in [-0.4, -0.2) is 33.2 Å². The lowest BCUT2D eigenvalue weighted by molar-refractivity contribution is -0.138. The highest BCUT2D eigenvalue weighted by atomic mass is 16.5. The van der Waals surface area contributed by atoms with Gasteiger partial charge in [0.1, 0.15) is 17.6 Å². The molecule has 0 aliphatic rings. The molecule has 0 aliphatic carbocycles. The molecular formula is C17H17N3O5. The van der Waals surface area contributed by atoms with Gasteiger partial charge in [-0.15, -0.1) is 0 Å². The lowest BCUT2D eigenvalue weighted by atomic mass is 10.0. The van der Waals surface area contributed by atoms with E-state index in [1.807, 2.05) is 13.0 Å². The first-order valence-corrected chi connectivity index (χ1v) is 7.66. The van der Waals surface area contributed by atoms with Crippen LogP contribution < -0.4 is 5.32 Å². The van der Waals surface area contributed by atoms with Gasteiger partial charge in [-0.25, -0.2) is 4.98 Å². The molecule has 0 bridgehead atoms. The van der Waals surface area contributed by atoms with Gasteiger partial charge in [0, 0.05) is 5.56 Å². The van der Waals surface area contributed by atoms with E-state index in [-0.39, 0.29) is 11.3 Å². The fraction of sp³-hybridized carbons (Fsp3) is 0.294. The Labute approximate surface area is 142 Å². The van der Waals surface area contributed by atoms with Gasteiger partial charge in [-0.2, -0.15) is 0 Å². The van der Waals surface area contributed by atoms with Crippen LogP contribution in [0.5, 0.6) is 0 Å². The van der Waals surface area contributed by atoms with Gasteiger partial charge in [0.15, 0.2) is 0 Å². The summed E-state index contributed by atoms with van der Waals surface area (Å²) in [5.74, 6) is -0.283. The molecule has 2 N–H and O–H groups in total. The molecule has 0 fully saturated rings. The van der Waals surface area contributed by atoms with Crippen molar-refractivity contribution in [2.45, 2.75) is 33.7 Å². The van der Waals surface area contributed by atoms with Crippen LogP contribution in [0.15, 0.2) is 21.1 Å². The number of furan rings is 1. The van der Waals surface area contributed by atoms with E-state index in [4.69, 9.17) is 14.0 Å². The molecule has 3 aromatic heterocycles. The third-order valence-electron chi connectivity index (χ3n) is 3.90. The summed E-state index contributed by atoms with van der Waals surface area (Å²) in [6.07, 6.45) is 0. The van der Waals surface area contributed by atoms with Gasteiger partial charge in [-0.1, -0.05) is 5.16 Å². The minimum absolute atomic E-state index is 0.210. The first-order valence-electron chi connectivity index (χ1n) is 7.66. The number of carboxylic acids is 1. The number of pyridine rings is 1. The predicted molar refractivity (Wildman–Crippen MR) is 88.3 cm³/mol. The summed E-state index contributed by atoms with van der Waals surface area (Å²) in [6, 6.07) is 2.37. The molecular weight excluding hydrogens is 326 g/mol. The molecule has 3 heterocycles. The summed E-state index contributed by atoms with van der Waals surface area (Å²) >= 11 is 0. The maximum Gasteiger partial charge on any atom is 0.325 e. The Morgan fingerprint density at radius 2 is 1.96 bits per heavy atom. The van der Waals surface area contributed by atoms with Crippen molar-refractivity contribution in [3.05, 3.63) is 34.9 Å². The number of nitrogens with zero attached hydrogens (tertiary/aromatic N) is 2. The Morgan fingerprint density at radius 1 is 1.24 bits per heavy atom. The molecule has 3 rings (SSSR count). The summed E-state index contributed by atoms with van der Waals surface area (Å²) in [7, 11) is 0. The number of fused-ring (bicyclic) bond motifs is 1. The second-order valence-electron chi connectivity index (χ2n) is 5.86. The molecule has 8 nitrogen and oxygen atoms in total. The van der Waals surface area contributed by atoms with Crippen LogP contribution in [0.2, 0.25) is 0 Å². The standard InChI is InChI=1S/C17H17N3O5/c1-7-5-11(10(4)24-7)13-6-12(15(21)18-9(3)17(22)23)14-8(2)20-25-16(14)19-13/h5-6,9H,1-4H3,(H,18,21)(H,22,23)/t9-/m0/s1. The highest BCUT2D eigenvalue weighted by molar-refractivity contribution is 6.07. The number of aliphatic carboxylic acids is 1. The summed E-state index contributed by atoms with van der Waals surface area (Å²) < 4.78 is 10.7. The SMILES string of the molecule is Cc1cc(-c2cc(C(=O)N[C@@H](C)C(=O)O)c3c(C)noc3n2)c(C)o1. The molecule has 25 heavy (non-hydrogen) atoms. The maximum atomic E-state index is 12.6. The Bertz CT molecular complexity index is 986. The third-order valence-corrected chi connectivity index (χ3v) is 3.90. The average Bonchev–Trinajstić information content (AvgIpc) is 3.08. The molecule has 8 heteroatoms. The second-order valence-corrected chi connectivity index (χ2v) is 5.86. The lowest BCUT2D eigenvalue weighted by Crippen LogP contribution is -2.38. The van der Waals surface area contributed by atoms with Crippen molar-refractivity contribution in [3.63, 3.8) is 0 Å². The van der Waals surface area contributed by atoms with E-state index in [0.29, 0.717) is 28.3 Å². The smallest absolute Gasteiger partial charge is 0.325 e. The molecule has 0 saturated carbocycles. The number of hydrogen-bond acceptors (Lipinski definition) is 6. The maximum absolute atomic E-state index is 12.6. The average molecular weight is 343 g/mol. The van der Waals surface area contributed by atoms with Crippen LogP contribution in [0.4, 0.5) is 0 Å². The van der Waals surface area contributed by atoms with Gasteiger partial charge in [-0.05, 0) is 39.8 Å². The molecule has 0 spiro atoms. The molecule has 1 atom stereocenters. The summed E-state index contributed by atoms with van der Waals surface area (Å²) in [5.41, 5.74) is 2.19. The van der Waals surface area contributed by atoms with Crippen LogP contribution >= 0.6 is 0 Å². The highest BCUT2D eigenvalue weighted by Crippen LogP contribution is 2.30. The van der Waals surface area contributed by atoms with Crippen molar-refractivity contribution in [2.75, 3.05) is 0 Å². The van der Waals surface area contributed by atoms with Crippen molar-refractivity contribution in [3.8, 4) is 11.3 Å². The highest BCUT2D eigenvalue weighted by Gasteiger charge is 2.23. The predicted octanol–water partition coefficient (Wildman–Crippen LogP) is 2.61. The molecule has 0 radical (unpaired) electrons. The topological polar surface area (TPSA) is 118 Å². The molecule has 0 unspecified atom stereocenters. The minimum atomic E-state index is -1.12. The zero-order chi connectivity index (χ0) is 18.3. The van der Waals surface area contributed by atoms with Gasteiger partial charge < -0.3 is 19.4 Å². The van der Waals surface area contributed by atoms with E-state index < -0.39 is 17.9 Å². The van der Waals surface area contributed by atoms with Crippen LogP contribution in [0.1, 0.15) is 34.5 Å². The zero-order valence-corrected chi connectivity index (χ0v) is 14.2. The quantitative estimate of drug-likeness (QED) is 0.747. The largest absolute Gasteiger partial charge is 0.480 e. The Hall–Kier alpha value is -3.16. The van der Waals surface area contributed by atoms with Crippen molar-refractivity contribution < 1.29 is 23.6 Å². The Kier molecular flexibility index (Phi) is 4.03. The Balaban J connectivity index is 2.15.